The number of hydrogen-bond acceptors (Lipinski definition) is 4. The van der Waals surface area contributed by atoms with Crippen molar-refractivity contribution < 1.29 is 24.6 Å². The number of urea groups is 1. The zero-order valence-electron chi connectivity index (χ0n) is 12.7. The van der Waals surface area contributed by atoms with Gasteiger partial charge >= 0.3 is 18.0 Å². The normalized spacial score (nSPS) is 32.6. The lowest BCUT2D eigenvalue weighted by Crippen LogP contribution is -2.52. The number of nitrogens with two attached hydrogens (primary N) is 1. The van der Waals surface area contributed by atoms with E-state index in [1.807, 2.05) is 0 Å². The number of halogens is 2. The zero-order chi connectivity index (χ0) is 18.5. The number of benzene rings is 1. The van der Waals surface area contributed by atoms with Gasteiger partial charge in [0.2, 0.25) is 0 Å². The lowest BCUT2D eigenvalue weighted by atomic mass is 9.90. The molecule has 2 aliphatic carbocycles. The molecular weight excluding hydrogens is 373 g/mol. The summed E-state index contributed by atoms with van der Waals surface area (Å²) in [6.45, 7) is 0. The van der Waals surface area contributed by atoms with E-state index in [9.17, 15) is 24.6 Å². The third kappa shape index (κ3) is 2.90. The van der Waals surface area contributed by atoms with E-state index in [4.69, 9.17) is 28.9 Å². The molecule has 8 nitrogen and oxygen atoms in total. The minimum absolute atomic E-state index is 0.0505. The number of carboxylic acid groups (broad SMARTS) is 2. The molecule has 2 saturated carbocycles. The van der Waals surface area contributed by atoms with Crippen molar-refractivity contribution in [3.05, 3.63) is 28.2 Å². The minimum Gasteiger partial charge on any atom is -0.481 e. The molecule has 10 heteroatoms. The Labute approximate surface area is 152 Å². The molecule has 2 fully saturated rings. The fraction of sp³-hybridized carbons (Fsp3) is 0.400. The molecule has 0 aliphatic heterocycles. The number of anilines is 1. The second-order valence-corrected chi connectivity index (χ2v) is 7.13. The molecule has 1 aromatic carbocycles. The van der Waals surface area contributed by atoms with E-state index < -0.39 is 47.3 Å². The minimum atomic E-state index is -1.67. The highest BCUT2D eigenvalue weighted by Crippen LogP contribution is 2.61. The lowest BCUT2D eigenvalue weighted by molar-refractivity contribution is -0.145. The van der Waals surface area contributed by atoms with Gasteiger partial charge in [0.15, 0.2) is 0 Å². The average Bonchev–Trinajstić information content (AvgIpc) is 3.20. The Hall–Kier alpha value is -2.03. The zero-order valence-corrected chi connectivity index (χ0v) is 14.2. The first-order valence-electron chi connectivity index (χ1n) is 7.43. The van der Waals surface area contributed by atoms with Crippen LogP contribution in [0.25, 0.3) is 0 Å². The van der Waals surface area contributed by atoms with E-state index in [0.717, 1.165) is 0 Å². The molecule has 0 saturated heterocycles. The summed E-state index contributed by atoms with van der Waals surface area (Å²) >= 11 is 12.0. The van der Waals surface area contributed by atoms with Gasteiger partial charge in [0.25, 0.3) is 0 Å². The van der Waals surface area contributed by atoms with E-state index in [-0.39, 0.29) is 22.2 Å². The molecule has 0 radical (unpaired) electrons. The molecule has 0 heterocycles. The maximum absolute atomic E-state index is 12.2. The highest BCUT2D eigenvalue weighted by molar-refractivity contribution is 6.39. The molecule has 0 unspecified atom stereocenters. The van der Waals surface area contributed by atoms with Crippen LogP contribution in [0.3, 0.4) is 0 Å². The molecule has 5 atom stereocenters. The van der Waals surface area contributed by atoms with Crippen molar-refractivity contribution >= 4 is 46.9 Å². The van der Waals surface area contributed by atoms with Crippen molar-refractivity contribution in [2.45, 2.75) is 18.0 Å². The maximum Gasteiger partial charge on any atom is 0.324 e. The van der Waals surface area contributed by atoms with Gasteiger partial charge in [-0.3, -0.25) is 9.59 Å². The standard InChI is InChI=1S/C15H15Cl2N3O5/c16-5-2-1-3-6(17)11(5)20-14(25)19-7-4-15(18,13(23)24)10-8(7)9(10)12(21)22/h1-3,7-10H,4,18H2,(H,21,22)(H,23,24)(H2,19,20,25)/t7-,8-,9-,10-,15-/m0/s1. The van der Waals surface area contributed by atoms with Crippen LogP contribution >= 0.6 is 23.2 Å². The van der Waals surface area contributed by atoms with Gasteiger partial charge in [-0.1, -0.05) is 29.3 Å². The molecule has 3 rings (SSSR count). The third-order valence-electron chi connectivity index (χ3n) is 4.89. The lowest BCUT2D eigenvalue weighted by Gasteiger charge is -2.25. The van der Waals surface area contributed by atoms with Gasteiger partial charge in [0.1, 0.15) is 5.54 Å². The highest BCUT2D eigenvalue weighted by Gasteiger charge is 2.74. The van der Waals surface area contributed by atoms with E-state index in [0.29, 0.717) is 0 Å². The van der Waals surface area contributed by atoms with Gasteiger partial charge in [-0.05, 0) is 24.5 Å². The first kappa shape index (κ1) is 17.8. The van der Waals surface area contributed by atoms with Crippen molar-refractivity contribution in [3.63, 3.8) is 0 Å². The second kappa shape index (κ2) is 6.05. The Balaban J connectivity index is 1.74. The quantitative estimate of drug-likeness (QED) is 0.531. The summed E-state index contributed by atoms with van der Waals surface area (Å²) in [4.78, 5) is 35.0. The van der Waals surface area contributed by atoms with Crippen LogP contribution < -0.4 is 16.4 Å². The summed E-state index contributed by atoms with van der Waals surface area (Å²) in [7, 11) is 0. The average molecular weight is 388 g/mol. The summed E-state index contributed by atoms with van der Waals surface area (Å²) in [6, 6.07) is 3.38. The summed E-state index contributed by atoms with van der Waals surface area (Å²) in [5, 5.41) is 24.1. The molecule has 2 amide bonds. The fourth-order valence-electron chi connectivity index (χ4n) is 3.77. The largest absolute Gasteiger partial charge is 0.481 e. The number of carbonyl (C=O) groups is 3. The second-order valence-electron chi connectivity index (χ2n) is 6.32. The van der Waals surface area contributed by atoms with E-state index in [2.05, 4.69) is 10.6 Å². The predicted octanol–water partition coefficient (Wildman–Crippen LogP) is 1.62. The summed E-state index contributed by atoms with van der Waals surface area (Å²) < 4.78 is 0. The van der Waals surface area contributed by atoms with Crippen molar-refractivity contribution in [3.8, 4) is 0 Å². The molecule has 1 aromatic rings. The first-order chi connectivity index (χ1) is 11.7. The van der Waals surface area contributed by atoms with Crippen molar-refractivity contribution in [1.82, 2.24) is 5.32 Å². The third-order valence-corrected chi connectivity index (χ3v) is 5.52. The molecular formula is C15H15Cl2N3O5. The van der Waals surface area contributed by atoms with Crippen LogP contribution in [0.1, 0.15) is 6.42 Å². The number of rotatable bonds is 4. The number of nitrogens with one attached hydrogen (secondary N) is 2. The topological polar surface area (TPSA) is 142 Å². The summed E-state index contributed by atoms with van der Waals surface area (Å²) in [5.41, 5.74) is 4.44. The Bertz CT molecular complexity index is 753. The number of carbonyl (C=O) groups excluding carboxylic acids is 1. The molecule has 0 bridgehead atoms. The van der Waals surface area contributed by atoms with Crippen LogP contribution in [0.2, 0.25) is 10.0 Å². The van der Waals surface area contributed by atoms with Crippen molar-refractivity contribution in [2.75, 3.05) is 5.32 Å². The number of hydrogen-bond donors (Lipinski definition) is 5. The Morgan fingerprint density at radius 1 is 1.20 bits per heavy atom. The smallest absolute Gasteiger partial charge is 0.324 e. The van der Waals surface area contributed by atoms with Gasteiger partial charge in [-0.25, -0.2) is 4.79 Å². The number of fused-ring (bicyclic) bond motifs is 1. The Kier molecular flexibility index (Phi) is 4.30. The van der Waals surface area contributed by atoms with Crippen LogP contribution in [0.15, 0.2) is 18.2 Å². The Morgan fingerprint density at radius 2 is 1.80 bits per heavy atom. The molecule has 0 spiro atoms. The van der Waals surface area contributed by atoms with E-state index >= 15 is 0 Å². The van der Waals surface area contributed by atoms with Gasteiger partial charge in [-0.15, -0.1) is 0 Å². The SMILES string of the molecule is N[C@@]1(C(=O)O)C[C@H](NC(=O)Nc2c(Cl)cccc2Cl)[C@H]2[C@H](C(=O)O)[C@H]21. The van der Waals surface area contributed by atoms with Crippen LogP contribution in [-0.4, -0.2) is 39.8 Å². The highest BCUT2D eigenvalue weighted by atomic mass is 35.5. The van der Waals surface area contributed by atoms with Gasteiger partial charge in [0, 0.05) is 12.0 Å². The van der Waals surface area contributed by atoms with Crippen LogP contribution in [0, 0.1) is 17.8 Å². The number of aliphatic carboxylic acids is 2. The molecule has 134 valence electrons. The van der Waals surface area contributed by atoms with Crippen LogP contribution in [-0.2, 0) is 9.59 Å². The number of para-hydroxylation sites is 1. The first-order valence-corrected chi connectivity index (χ1v) is 8.19. The fourth-order valence-corrected chi connectivity index (χ4v) is 4.26. The monoisotopic (exact) mass is 387 g/mol. The van der Waals surface area contributed by atoms with Gasteiger partial charge < -0.3 is 26.6 Å². The maximum atomic E-state index is 12.2. The predicted molar refractivity (Wildman–Crippen MR) is 89.7 cm³/mol. The van der Waals surface area contributed by atoms with Gasteiger partial charge in [-0.2, -0.15) is 0 Å². The summed E-state index contributed by atoms with van der Waals surface area (Å²) in [6.07, 6.45) is -0.0505. The van der Waals surface area contributed by atoms with E-state index in [1.165, 1.54) is 0 Å². The summed E-state index contributed by atoms with van der Waals surface area (Å²) in [5.74, 6) is -4.51. The molecule has 2 aliphatic rings. The van der Waals surface area contributed by atoms with Crippen molar-refractivity contribution in [2.24, 2.45) is 23.5 Å². The number of carboxylic acids is 2. The van der Waals surface area contributed by atoms with Crippen LogP contribution in [0.5, 0.6) is 0 Å². The molecule has 0 aromatic heterocycles. The van der Waals surface area contributed by atoms with Gasteiger partial charge in [0.05, 0.1) is 21.7 Å². The van der Waals surface area contributed by atoms with Crippen LogP contribution in [0.4, 0.5) is 10.5 Å². The number of amides is 2. The van der Waals surface area contributed by atoms with Crippen molar-refractivity contribution in [1.29, 1.82) is 0 Å². The Morgan fingerprint density at radius 3 is 2.32 bits per heavy atom. The molecule has 25 heavy (non-hydrogen) atoms. The van der Waals surface area contributed by atoms with E-state index in [1.54, 1.807) is 18.2 Å². The molecule has 6 N–H and O–H groups in total.